The molecule has 2 rings (SSSR count). The third-order valence-electron chi connectivity index (χ3n) is 1.84. The van der Waals surface area contributed by atoms with Gasteiger partial charge in [-0.15, -0.1) is 0 Å². The van der Waals surface area contributed by atoms with Crippen LogP contribution in [0, 0.1) is 0 Å². The molecule has 7 heteroatoms. The lowest BCUT2D eigenvalue weighted by molar-refractivity contribution is 0.0692. The smallest absolute Gasteiger partial charge is 0.338 e. The maximum absolute atomic E-state index is 11.1. The Labute approximate surface area is 99.8 Å². The van der Waals surface area contributed by atoms with E-state index in [1.165, 1.54) is 30.6 Å². The number of hydrogen-bond acceptors (Lipinski definition) is 5. The molecule has 0 spiro atoms. The average molecular weight is 249 g/mol. The fourth-order valence-corrected chi connectivity index (χ4v) is 1.96. The minimum atomic E-state index is -1.07. The number of nitrogens with zero attached hydrogens (tertiary/aromatic N) is 2. The number of nitrogens with one attached hydrogen (secondary N) is 1. The van der Waals surface area contributed by atoms with Crippen molar-refractivity contribution in [3.63, 3.8) is 0 Å². The number of carboxylic acid groups (broad SMARTS) is 1. The third-order valence-corrected chi connectivity index (χ3v) is 2.76. The SMILES string of the molecule is O=C(O)c1cccnc1Sc1nccc(=O)[nH]1. The molecule has 0 radical (unpaired) electrons. The lowest BCUT2D eigenvalue weighted by Crippen LogP contribution is -2.06. The van der Waals surface area contributed by atoms with Crippen molar-refractivity contribution >= 4 is 17.7 Å². The highest BCUT2D eigenvalue weighted by Crippen LogP contribution is 2.24. The Balaban J connectivity index is 2.36. The van der Waals surface area contributed by atoms with Crippen molar-refractivity contribution in [2.45, 2.75) is 10.2 Å². The molecule has 2 N–H and O–H groups in total. The van der Waals surface area contributed by atoms with Crippen LogP contribution in [0.3, 0.4) is 0 Å². The first-order valence-electron chi connectivity index (χ1n) is 4.58. The van der Waals surface area contributed by atoms with Gasteiger partial charge in [-0.1, -0.05) is 0 Å². The maximum atomic E-state index is 11.1. The predicted molar refractivity (Wildman–Crippen MR) is 60.2 cm³/mol. The van der Waals surface area contributed by atoms with Gasteiger partial charge in [0.15, 0.2) is 5.16 Å². The van der Waals surface area contributed by atoms with Gasteiger partial charge < -0.3 is 10.1 Å². The van der Waals surface area contributed by atoms with E-state index < -0.39 is 5.97 Å². The minimum absolute atomic E-state index is 0.0732. The molecule has 86 valence electrons. The summed E-state index contributed by atoms with van der Waals surface area (Å²) < 4.78 is 0. The highest BCUT2D eigenvalue weighted by atomic mass is 32.2. The molecule has 0 unspecified atom stereocenters. The molecule has 2 aromatic rings. The van der Waals surface area contributed by atoms with E-state index >= 15 is 0 Å². The fourth-order valence-electron chi connectivity index (χ4n) is 1.13. The normalized spacial score (nSPS) is 10.1. The molecule has 17 heavy (non-hydrogen) atoms. The molecular formula is C10H7N3O3S. The van der Waals surface area contributed by atoms with Crippen molar-refractivity contribution in [1.82, 2.24) is 15.0 Å². The number of carbonyl (C=O) groups is 1. The Hall–Kier alpha value is -2.15. The number of aromatic carboxylic acids is 1. The summed E-state index contributed by atoms with van der Waals surface area (Å²) in [6, 6.07) is 4.26. The third kappa shape index (κ3) is 2.70. The van der Waals surface area contributed by atoms with Crippen LogP contribution in [0.5, 0.6) is 0 Å². The lowest BCUT2D eigenvalue weighted by Gasteiger charge is -2.02. The van der Waals surface area contributed by atoms with Gasteiger partial charge in [-0.3, -0.25) is 4.79 Å². The first-order chi connectivity index (χ1) is 8.16. The van der Waals surface area contributed by atoms with E-state index in [1.54, 1.807) is 0 Å². The van der Waals surface area contributed by atoms with Gasteiger partial charge >= 0.3 is 5.97 Å². The van der Waals surface area contributed by atoms with E-state index in [9.17, 15) is 9.59 Å². The summed E-state index contributed by atoms with van der Waals surface area (Å²) in [5.41, 5.74) is -0.223. The molecule has 2 aromatic heterocycles. The van der Waals surface area contributed by atoms with E-state index in [1.807, 2.05) is 0 Å². The summed E-state index contributed by atoms with van der Waals surface area (Å²) >= 11 is 0.998. The quantitative estimate of drug-likeness (QED) is 0.788. The Bertz CT molecular complexity index is 611. The summed E-state index contributed by atoms with van der Waals surface area (Å²) in [4.78, 5) is 32.3. The van der Waals surface area contributed by atoms with Crippen LogP contribution in [-0.2, 0) is 0 Å². The molecule has 0 aromatic carbocycles. The number of rotatable bonds is 3. The van der Waals surface area contributed by atoms with Crippen LogP contribution in [0.25, 0.3) is 0 Å². The summed E-state index contributed by atoms with van der Waals surface area (Å²) in [5.74, 6) is -1.07. The Morgan fingerprint density at radius 3 is 2.82 bits per heavy atom. The molecule has 0 aliphatic rings. The van der Waals surface area contributed by atoms with Crippen molar-refractivity contribution in [2.24, 2.45) is 0 Å². The maximum Gasteiger partial charge on any atom is 0.338 e. The van der Waals surface area contributed by atoms with Gasteiger partial charge in [0.05, 0.1) is 5.56 Å². The summed E-state index contributed by atoms with van der Waals surface area (Å²) in [6.45, 7) is 0. The van der Waals surface area contributed by atoms with Gasteiger partial charge in [0, 0.05) is 18.5 Å². The molecule has 0 fully saturated rings. The number of aromatic amines is 1. The topological polar surface area (TPSA) is 95.9 Å². The van der Waals surface area contributed by atoms with Gasteiger partial charge in [0.1, 0.15) is 5.03 Å². The van der Waals surface area contributed by atoms with Gasteiger partial charge in [0.25, 0.3) is 5.56 Å². The van der Waals surface area contributed by atoms with E-state index in [0.29, 0.717) is 5.16 Å². The molecule has 0 saturated heterocycles. The van der Waals surface area contributed by atoms with Gasteiger partial charge in [0.2, 0.25) is 0 Å². The van der Waals surface area contributed by atoms with Crippen molar-refractivity contribution in [3.05, 3.63) is 46.5 Å². The summed E-state index contributed by atoms with van der Waals surface area (Å²) in [6.07, 6.45) is 2.83. The largest absolute Gasteiger partial charge is 0.478 e. The van der Waals surface area contributed by atoms with E-state index in [0.717, 1.165) is 11.8 Å². The lowest BCUT2D eigenvalue weighted by atomic mass is 10.3. The summed E-state index contributed by atoms with van der Waals surface area (Å²) in [7, 11) is 0. The van der Waals surface area contributed by atoms with Crippen molar-refractivity contribution < 1.29 is 9.90 Å². The minimum Gasteiger partial charge on any atom is -0.478 e. The molecular weight excluding hydrogens is 242 g/mol. The van der Waals surface area contributed by atoms with Crippen molar-refractivity contribution in [1.29, 1.82) is 0 Å². The molecule has 0 amide bonds. The van der Waals surface area contributed by atoms with Crippen LogP contribution in [0.15, 0.2) is 45.6 Å². The summed E-state index contributed by atoms with van der Waals surface area (Å²) in [5, 5.41) is 9.54. The van der Waals surface area contributed by atoms with E-state index in [-0.39, 0.29) is 16.1 Å². The zero-order valence-corrected chi connectivity index (χ0v) is 9.27. The van der Waals surface area contributed by atoms with Crippen LogP contribution in [0.2, 0.25) is 0 Å². The van der Waals surface area contributed by atoms with Gasteiger partial charge in [-0.05, 0) is 23.9 Å². The first kappa shape index (κ1) is 11.3. The van der Waals surface area contributed by atoms with Crippen LogP contribution < -0.4 is 5.56 Å². The Morgan fingerprint density at radius 1 is 1.29 bits per heavy atom. The highest BCUT2D eigenvalue weighted by molar-refractivity contribution is 7.99. The average Bonchev–Trinajstić information content (AvgIpc) is 2.29. The van der Waals surface area contributed by atoms with Crippen LogP contribution in [0.1, 0.15) is 10.4 Å². The second-order valence-electron chi connectivity index (χ2n) is 3.00. The highest BCUT2D eigenvalue weighted by Gasteiger charge is 2.12. The zero-order valence-electron chi connectivity index (χ0n) is 8.45. The second kappa shape index (κ2) is 4.79. The molecule has 0 aliphatic heterocycles. The molecule has 0 aliphatic carbocycles. The number of hydrogen-bond donors (Lipinski definition) is 2. The molecule has 0 saturated carbocycles. The van der Waals surface area contributed by atoms with Crippen molar-refractivity contribution in [3.8, 4) is 0 Å². The molecule has 0 atom stereocenters. The predicted octanol–water partition coefficient (Wildman–Crippen LogP) is 1.01. The number of H-pyrrole nitrogens is 1. The van der Waals surface area contributed by atoms with Crippen LogP contribution in [-0.4, -0.2) is 26.0 Å². The van der Waals surface area contributed by atoms with Crippen LogP contribution in [0.4, 0.5) is 0 Å². The molecule has 6 nitrogen and oxygen atoms in total. The van der Waals surface area contributed by atoms with E-state index in [4.69, 9.17) is 5.11 Å². The fraction of sp³-hybridized carbons (Fsp3) is 0. The monoisotopic (exact) mass is 249 g/mol. The van der Waals surface area contributed by atoms with Gasteiger partial charge in [-0.2, -0.15) is 0 Å². The first-order valence-corrected chi connectivity index (χ1v) is 5.40. The standard InChI is InChI=1S/C10H7N3O3S/c14-7-3-5-12-10(13-7)17-8-6(9(15)16)2-1-4-11-8/h1-5H,(H,15,16)(H,12,13,14). The number of aromatic nitrogens is 3. The Kier molecular flexibility index (Phi) is 3.20. The molecule has 0 bridgehead atoms. The van der Waals surface area contributed by atoms with Gasteiger partial charge in [-0.25, -0.2) is 14.8 Å². The van der Waals surface area contributed by atoms with E-state index in [2.05, 4.69) is 15.0 Å². The second-order valence-corrected chi connectivity index (χ2v) is 3.98. The number of pyridine rings is 1. The van der Waals surface area contributed by atoms with Crippen molar-refractivity contribution in [2.75, 3.05) is 0 Å². The molecule has 2 heterocycles. The Morgan fingerprint density at radius 2 is 2.12 bits per heavy atom. The zero-order chi connectivity index (χ0) is 12.3. The number of carboxylic acids is 1. The van der Waals surface area contributed by atoms with Crippen LogP contribution >= 0.6 is 11.8 Å².